The predicted octanol–water partition coefficient (Wildman–Crippen LogP) is 1.89. The van der Waals surface area contributed by atoms with Gasteiger partial charge in [-0.3, -0.25) is 4.79 Å². The van der Waals surface area contributed by atoms with E-state index >= 15 is 0 Å². The van der Waals surface area contributed by atoms with Crippen LogP contribution in [0.2, 0.25) is 0 Å². The SMILES string of the molecule is CCC1(C)CC1C(=O)NCc1nc(C(=O)O)cs1. The normalized spacial score (nSPS) is 25.8. The zero-order valence-electron chi connectivity index (χ0n) is 10.4. The molecule has 1 aromatic rings. The van der Waals surface area contributed by atoms with Gasteiger partial charge >= 0.3 is 5.97 Å². The zero-order chi connectivity index (χ0) is 13.3. The molecule has 2 rings (SSSR count). The van der Waals surface area contributed by atoms with E-state index in [1.54, 1.807) is 0 Å². The van der Waals surface area contributed by atoms with E-state index in [0.29, 0.717) is 11.6 Å². The van der Waals surface area contributed by atoms with E-state index < -0.39 is 5.97 Å². The lowest BCUT2D eigenvalue weighted by molar-refractivity contribution is -0.123. The molecule has 0 radical (unpaired) electrons. The summed E-state index contributed by atoms with van der Waals surface area (Å²) >= 11 is 1.25. The number of aromatic nitrogens is 1. The number of hydrogen-bond donors (Lipinski definition) is 2. The van der Waals surface area contributed by atoms with Gasteiger partial charge in [0.1, 0.15) is 5.01 Å². The Bertz CT molecular complexity index is 485. The van der Waals surface area contributed by atoms with Crippen molar-refractivity contribution in [2.24, 2.45) is 11.3 Å². The first-order valence-corrected chi connectivity index (χ1v) is 6.79. The number of nitrogens with one attached hydrogen (secondary N) is 1. The average molecular weight is 268 g/mol. The number of thiazole rings is 1. The smallest absolute Gasteiger partial charge is 0.355 e. The van der Waals surface area contributed by atoms with Crippen molar-refractivity contribution < 1.29 is 14.7 Å². The number of carboxylic acid groups (broad SMARTS) is 1. The number of carboxylic acids is 1. The van der Waals surface area contributed by atoms with Crippen molar-refractivity contribution in [2.75, 3.05) is 0 Å². The second-order valence-corrected chi connectivity index (χ2v) is 5.86. The Balaban J connectivity index is 1.85. The number of hydrogen-bond acceptors (Lipinski definition) is 4. The summed E-state index contributed by atoms with van der Waals surface area (Å²) in [6, 6.07) is 0. The van der Waals surface area contributed by atoms with Crippen molar-refractivity contribution >= 4 is 23.2 Å². The van der Waals surface area contributed by atoms with Gasteiger partial charge in [-0.05, 0) is 18.3 Å². The average Bonchev–Trinajstić information content (AvgIpc) is 2.82. The van der Waals surface area contributed by atoms with Gasteiger partial charge < -0.3 is 10.4 Å². The third-order valence-corrected chi connectivity index (χ3v) is 4.51. The minimum Gasteiger partial charge on any atom is -0.476 e. The molecule has 1 fully saturated rings. The third-order valence-electron chi connectivity index (χ3n) is 3.66. The fourth-order valence-corrected chi connectivity index (χ4v) is 2.69. The van der Waals surface area contributed by atoms with Crippen LogP contribution in [-0.4, -0.2) is 22.0 Å². The Hall–Kier alpha value is -1.43. The molecule has 0 bridgehead atoms. The molecule has 6 heteroatoms. The molecule has 2 atom stereocenters. The van der Waals surface area contributed by atoms with Crippen LogP contribution in [0.25, 0.3) is 0 Å². The van der Waals surface area contributed by atoms with Gasteiger partial charge in [0.05, 0.1) is 6.54 Å². The Labute approximate surface area is 109 Å². The number of carbonyl (C=O) groups excluding carboxylic acids is 1. The highest BCUT2D eigenvalue weighted by Gasteiger charge is 2.52. The highest BCUT2D eigenvalue weighted by Crippen LogP contribution is 2.54. The summed E-state index contributed by atoms with van der Waals surface area (Å²) in [4.78, 5) is 26.4. The second-order valence-electron chi connectivity index (χ2n) is 4.91. The summed E-state index contributed by atoms with van der Waals surface area (Å²) in [7, 11) is 0. The van der Waals surface area contributed by atoms with Crippen molar-refractivity contribution in [3.05, 3.63) is 16.1 Å². The van der Waals surface area contributed by atoms with Crippen LogP contribution in [0.4, 0.5) is 0 Å². The topological polar surface area (TPSA) is 79.3 Å². The maximum absolute atomic E-state index is 11.8. The van der Waals surface area contributed by atoms with E-state index in [1.165, 1.54) is 16.7 Å². The molecular formula is C12H16N2O3S. The van der Waals surface area contributed by atoms with Gasteiger partial charge in [0, 0.05) is 11.3 Å². The summed E-state index contributed by atoms with van der Waals surface area (Å²) < 4.78 is 0. The summed E-state index contributed by atoms with van der Waals surface area (Å²) in [5, 5.41) is 13.7. The van der Waals surface area contributed by atoms with Gasteiger partial charge in [-0.1, -0.05) is 13.8 Å². The first kappa shape index (κ1) is 13.0. The summed E-state index contributed by atoms with van der Waals surface area (Å²) in [5.41, 5.74) is 0.188. The molecular weight excluding hydrogens is 252 g/mol. The van der Waals surface area contributed by atoms with Crippen LogP contribution < -0.4 is 5.32 Å². The standard InChI is InChI=1S/C12H16N2O3S/c1-3-12(2)4-7(12)10(15)13-5-9-14-8(6-18-9)11(16)17/h6-7H,3-5H2,1-2H3,(H,13,15)(H,16,17). The van der Waals surface area contributed by atoms with Gasteiger partial charge in [-0.15, -0.1) is 11.3 Å². The molecule has 98 valence electrons. The molecule has 0 saturated heterocycles. The maximum Gasteiger partial charge on any atom is 0.355 e. The molecule has 1 amide bonds. The van der Waals surface area contributed by atoms with Gasteiger partial charge in [0.15, 0.2) is 5.69 Å². The lowest BCUT2D eigenvalue weighted by atomic mass is 10.0. The molecule has 1 saturated carbocycles. The van der Waals surface area contributed by atoms with Crippen molar-refractivity contribution in [1.82, 2.24) is 10.3 Å². The summed E-state index contributed by atoms with van der Waals surface area (Å²) in [5.74, 6) is -0.891. The molecule has 1 aliphatic carbocycles. The Morgan fingerprint density at radius 1 is 1.67 bits per heavy atom. The zero-order valence-corrected chi connectivity index (χ0v) is 11.2. The lowest BCUT2D eigenvalue weighted by Crippen LogP contribution is -2.26. The molecule has 2 unspecified atom stereocenters. The fourth-order valence-electron chi connectivity index (χ4n) is 1.98. The number of rotatable bonds is 5. The highest BCUT2D eigenvalue weighted by atomic mass is 32.1. The Morgan fingerprint density at radius 3 is 2.89 bits per heavy atom. The van der Waals surface area contributed by atoms with Gasteiger partial charge in [-0.25, -0.2) is 9.78 Å². The minimum absolute atomic E-state index is 0.0362. The van der Waals surface area contributed by atoms with Crippen molar-refractivity contribution in [3.8, 4) is 0 Å². The van der Waals surface area contributed by atoms with E-state index in [-0.39, 0.29) is 22.9 Å². The first-order chi connectivity index (χ1) is 8.46. The number of amides is 1. The molecule has 18 heavy (non-hydrogen) atoms. The molecule has 5 nitrogen and oxygen atoms in total. The monoisotopic (exact) mass is 268 g/mol. The lowest BCUT2D eigenvalue weighted by Gasteiger charge is -2.07. The first-order valence-electron chi connectivity index (χ1n) is 5.91. The highest BCUT2D eigenvalue weighted by molar-refractivity contribution is 7.09. The predicted molar refractivity (Wildman–Crippen MR) is 67.4 cm³/mol. The maximum atomic E-state index is 11.8. The molecule has 0 aliphatic heterocycles. The number of carbonyl (C=O) groups is 2. The number of nitrogens with zero attached hydrogens (tertiary/aromatic N) is 1. The van der Waals surface area contributed by atoms with Crippen molar-refractivity contribution in [1.29, 1.82) is 0 Å². The van der Waals surface area contributed by atoms with Crippen LogP contribution >= 0.6 is 11.3 Å². The summed E-state index contributed by atoms with van der Waals surface area (Å²) in [6.07, 6.45) is 1.94. The largest absolute Gasteiger partial charge is 0.476 e. The molecule has 1 aliphatic rings. The summed E-state index contributed by atoms with van der Waals surface area (Å²) in [6.45, 7) is 4.52. The number of aromatic carboxylic acids is 1. The van der Waals surface area contributed by atoms with Crippen LogP contribution in [-0.2, 0) is 11.3 Å². The third kappa shape index (κ3) is 2.53. The van der Waals surface area contributed by atoms with Crippen LogP contribution in [0.3, 0.4) is 0 Å². The van der Waals surface area contributed by atoms with E-state index in [4.69, 9.17) is 5.11 Å². The van der Waals surface area contributed by atoms with E-state index in [9.17, 15) is 9.59 Å². The van der Waals surface area contributed by atoms with Crippen LogP contribution in [0.5, 0.6) is 0 Å². The quantitative estimate of drug-likeness (QED) is 0.854. The Morgan fingerprint density at radius 2 is 2.39 bits per heavy atom. The molecule has 2 N–H and O–H groups in total. The van der Waals surface area contributed by atoms with Crippen LogP contribution in [0.1, 0.15) is 42.2 Å². The fraction of sp³-hybridized carbons (Fsp3) is 0.583. The van der Waals surface area contributed by atoms with E-state index in [2.05, 4.69) is 24.1 Å². The second kappa shape index (κ2) is 4.68. The molecule has 0 spiro atoms. The van der Waals surface area contributed by atoms with Crippen LogP contribution in [0, 0.1) is 11.3 Å². The van der Waals surface area contributed by atoms with Crippen molar-refractivity contribution in [3.63, 3.8) is 0 Å². The van der Waals surface area contributed by atoms with Gasteiger partial charge in [0.25, 0.3) is 0 Å². The van der Waals surface area contributed by atoms with Gasteiger partial charge in [0.2, 0.25) is 5.91 Å². The van der Waals surface area contributed by atoms with Gasteiger partial charge in [-0.2, -0.15) is 0 Å². The molecule has 1 heterocycles. The van der Waals surface area contributed by atoms with Crippen LogP contribution in [0.15, 0.2) is 5.38 Å². The van der Waals surface area contributed by atoms with Crippen molar-refractivity contribution in [2.45, 2.75) is 33.2 Å². The van der Waals surface area contributed by atoms with E-state index in [1.807, 2.05) is 0 Å². The minimum atomic E-state index is -1.04. The molecule has 0 aromatic carbocycles. The van der Waals surface area contributed by atoms with E-state index in [0.717, 1.165) is 12.8 Å². The Kier molecular flexibility index (Phi) is 3.38. The molecule has 1 aromatic heterocycles.